The Balaban J connectivity index is 2.13. The Morgan fingerprint density at radius 2 is 2.20 bits per heavy atom. The van der Waals surface area contributed by atoms with Crippen LogP contribution in [0.2, 0.25) is 0 Å². The number of hydrogen-bond acceptors (Lipinski definition) is 4. The number of pyridine rings is 1. The molecule has 1 aromatic heterocycles. The highest BCUT2D eigenvalue weighted by Gasteiger charge is 2.01. The molecule has 0 aliphatic heterocycles. The molecule has 6 heteroatoms. The number of hydrogen-bond donors (Lipinski definition) is 1. The third kappa shape index (κ3) is 6.03. The van der Waals surface area contributed by atoms with Crippen LogP contribution in [0.5, 0.6) is 5.75 Å². The van der Waals surface area contributed by atoms with Crippen LogP contribution in [0.1, 0.15) is 12.8 Å². The third-order valence-electron chi connectivity index (χ3n) is 1.73. The normalized spacial score (nSPS) is 11.3. The van der Waals surface area contributed by atoms with Gasteiger partial charge in [-0.1, -0.05) is 0 Å². The van der Waals surface area contributed by atoms with Crippen molar-refractivity contribution in [2.24, 2.45) is 5.14 Å². The smallest absolute Gasteiger partial charge is 0.209 e. The lowest BCUT2D eigenvalue weighted by atomic mass is 10.3. The van der Waals surface area contributed by atoms with Crippen molar-refractivity contribution in [2.75, 3.05) is 12.4 Å². The Kier molecular flexibility index (Phi) is 4.51. The van der Waals surface area contributed by atoms with Crippen LogP contribution in [0.15, 0.2) is 24.5 Å². The van der Waals surface area contributed by atoms with Gasteiger partial charge in [0.15, 0.2) is 0 Å². The number of aromatic nitrogens is 1. The van der Waals surface area contributed by atoms with E-state index in [1.807, 2.05) is 0 Å². The fraction of sp³-hybridized carbons (Fsp3) is 0.444. The van der Waals surface area contributed by atoms with Crippen LogP contribution >= 0.6 is 0 Å². The molecule has 84 valence electrons. The lowest BCUT2D eigenvalue weighted by Gasteiger charge is -2.04. The van der Waals surface area contributed by atoms with Gasteiger partial charge in [0.05, 0.1) is 18.6 Å². The summed E-state index contributed by atoms with van der Waals surface area (Å²) in [7, 11) is -3.34. The zero-order valence-electron chi connectivity index (χ0n) is 8.30. The Labute approximate surface area is 89.3 Å². The monoisotopic (exact) mass is 230 g/mol. The van der Waals surface area contributed by atoms with E-state index in [0.29, 0.717) is 25.2 Å². The molecule has 0 atom stereocenters. The first kappa shape index (κ1) is 11.9. The van der Waals surface area contributed by atoms with E-state index in [4.69, 9.17) is 9.88 Å². The number of sulfonamides is 1. The second-order valence-corrected chi connectivity index (χ2v) is 4.85. The van der Waals surface area contributed by atoms with Gasteiger partial charge in [0.25, 0.3) is 0 Å². The van der Waals surface area contributed by atoms with Crippen molar-refractivity contribution in [3.63, 3.8) is 0 Å². The van der Waals surface area contributed by atoms with Crippen LogP contribution < -0.4 is 9.88 Å². The number of primary sulfonamides is 1. The number of rotatable bonds is 6. The Bertz CT molecular complexity index is 378. The molecule has 15 heavy (non-hydrogen) atoms. The number of unbranched alkanes of at least 4 members (excludes halogenated alkanes) is 1. The molecule has 0 bridgehead atoms. The van der Waals surface area contributed by atoms with Crippen LogP contribution in [0, 0.1) is 0 Å². The molecule has 5 nitrogen and oxygen atoms in total. The van der Waals surface area contributed by atoms with E-state index >= 15 is 0 Å². The SMILES string of the molecule is NS(=O)(=O)CCCCOc1cccnc1. The average Bonchev–Trinajstić information content (AvgIpc) is 2.17. The van der Waals surface area contributed by atoms with Crippen molar-refractivity contribution in [3.8, 4) is 5.75 Å². The minimum Gasteiger partial charge on any atom is -0.492 e. The molecule has 2 N–H and O–H groups in total. The molecule has 0 unspecified atom stereocenters. The van der Waals surface area contributed by atoms with Crippen LogP contribution in [-0.2, 0) is 10.0 Å². The average molecular weight is 230 g/mol. The topological polar surface area (TPSA) is 82.3 Å². The molecular weight excluding hydrogens is 216 g/mol. The molecule has 0 radical (unpaired) electrons. The van der Waals surface area contributed by atoms with E-state index < -0.39 is 10.0 Å². The number of nitrogens with zero attached hydrogens (tertiary/aromatic N) is 1. The summed E-state index contributed by atoms with van der Waals surface area (Å²) in [5, 5.41) is 4.85. The Morgan fingerprint density at radius 3 is 2.80 bits per heavy atom. The highest BCUT2D eigenvalue weighted by atomic mass is 32.2. The summed E-state index contributed by atoms with van der Waals surface area (Å²) in [6, 6.07) is 3.58. The molecule has 0 aliphatic rings. The van der Waals surface area contributed by atoms with Gasteiger partial charge in [-0.05, 0) is 25.0 Å². The number of nitrogens with two attached hydrogens (primary N) is 1. The molecule has 1 aromatic rings. The summed E-state index contributed by atoms with van der Waals surface area (Å²) in [5.41, 5.74) is 0. The summed E-state index contributed by atoms with van der Waals surface area (Å²) >= 11 is 0. The summed E-state index contributed by atoms with van der Waals surface area (Å²) < 4.78 is 26.5. The van der Waals surface area contributed by atoms with Gasteiger partial charge in [0.1, 0.15) is 5.75 Å². The van der Waals surface area contributed by atoms with E-state index in [0.717, 1.165) is 0 Å². The van der Waals surface area contributed by atoms with E-state index in [9.17, 15) is 8.42 Å². The minimum atomic E-state index is -3.34. The zero-order chi connectivity index (χ0) is 11.1. The molecule has 0 spiro atoms. The van der Waals surface area contributed by atoms with Crippen molar-refractivity contribution in [1.82, 2.24) is 4.98 Å². The van der Waals surface area contributed by atoms with Crippen molar-refractivity contribution in [2.45, 2.75) is 12.8 Å². The zero-order valence-corrected chi connectivity index (χ0v) is 9.11. The minimum absolute atomic E-state index is 0.00337. The Hall–Kier alpha value is -1.14. The molecule has 0 saturated carbocycles. The van der Waals surface area contributed by atoms with Gasteiger partial charge >= 0.3 is 0 Å². The van der Waals surface area contributed by atoms with Crippen molar-refractivity contribution in [3.05, 3.63) is 24.5 Å². The lowest BCUT2D eigenvalue weighted by molar-refractivity contribution is 0.308. The van der Waals surface area contributed by atoms with Crippen LogP contribution in [-0.4, -0.2) is 25.8 Å². The molecule has 0 aromatic carbocycles. The van der Waals surface area contributed by atoms with E-state index in [1.54, 1.807) is 24.5 Å². The van der Waals surface area contributed by atoms with Gasteiger partial charge in [-0.2, -0.15) is 0 Å². The van der Waals surface area contributed by atoms with Gasteiger partial charge in [-0.3, -0.25) is 4.98 Å². The Morgan fingerprint density at radius 1 is 1.40 bits per heavy atom. The van der Waals surface area contributed by atoms with Crippen molar-refractivity contribution < 1.29 is 13.2 Å². The van der Waals surface area contributed by atoms with Gasteiger partial charge < -0.3 is 4.74 Å². The number of ether oxygens (including phenoxy) is 1. The second kappa shape index (κ2) is 5.67. The van der Waals surface area contributed by atoms with Gasteiger partial charge in [-0.15, -0.1) is 0 Å². The summed E-state index contributed by atoms with van der Waals surface area (Å²) in [6.45, 7) is 0.473. The maximum absolute atomic E-state index is 10.6. The maximum Gasteiger partial charge on any atom is 0.209 e. The van der Waals surface area contributed by atoms with E-state index in [2.05, 4.69) is 4.98 Å². The third-order valence-corrected chi connectivity index (χ3v) is 2.58. The van der Waals surface area contributed by atoms with Gasteiger partial charge in [-0.25, -0.2) is 13.6 Å². The first-order chi connectivity index (χ1) is 7.08. The maximum atomic E-state index is 10.6. The predicted octanol–water partition coefficient (Wildman–Crippen LogP) is 0.529. The summed E-state index contributed by atoms with van der Waals surface area (Å²) in [6.07, 6.45) is 4.44. The van der Waals surface area contributed by atoms with Gasteiger partial charge in [0, 0.05) is 6.20 Å². The first-order valence-electron chi connectivity index (χ1n) is 4.61. The van der Waals surface area contributed by atoms with Crippen molar-refractivity contribution in [1.29, 1.82) is 0 Å². The molecule has 0 amide bonds. The second-order valence-electron chi connectivity index (χ2n) is 3.11. The van der Waals surface area contributed by atoms with Crippen LogP contribution in [0.3, 0.4) is 0 Å². The van der Waals surface area contributed by atoms with Crippen molar-refractivity contribution >= 4 is 10.0 Å². The van der Waals surface area contributed by atoms with E-state index in [1.165, 1.54) is 0 Å². The fourth-order valence-electron chi connectivity index (χ4n) is 1.03. The standard InChI is InChI=1S/C9H14N2O3S/c10-15(12,13)7-2-1-6-14-9-4-3-5-11-8-9/h3-5,8H,1-2,6-7H2,(H2,10,12,13). The molecule has 1 heterocycles. The molecule has 0 saturated heterocycles. The van der Waals surface area contributed by atoms with E-state index in [-0.39, 0.29) is 5.75 Å². The highest BCUT2D eigenvalue weighted by molar-refractivity contribution is 7.89. The molecular formula is C9H14N2O3S. The predicted molar refractivity (Wildman–Crippen MR) is 56.9 cm³/mol. The molecule has 0 aliphatic carbocycles. The van der Waals surface area contributed by atoms with Gasteiger partial charge in [0.2, 0.25) is 10.0 Å². The first-order valence-corrected chi connectivity index (χ1v) is 6.33. The summed E-state index contributed by atoms with van der Waals surface area (Å²) in [5.74, 6) is 0.691. The largest absolute Gasteiger partial charge is 0.492 e. The van der Waals surface area contributed by atoms with Crippen LogP contribution in [0.25, 0.3) is 0 Å². The lowest BCUT2D eigenvalue weighted by Crippen LogP contribution is -2.16. The molecule has 0 fully saturated rings. The molecule has 1 rings (SSSR count). The summed E-state index contributed by atoms with van der Waals surface area (Å²) in [4.78, 5) is 3.88. The van der Waals surface area contributed by atoms with Crippen LogP contribution in [0.4, 0.5) is 0 Å². The quantitative estimate of drug-likeness (QED) is 0.723. The fourth-order valence-corrected chi connectivity index (χ4v) is 1.63. The highest BCUT2D eigenvalue weighted by Crippen LogP contribution is 2.06.